The fourth-order valence-electron chi connectivity index (χ4n) is 1.92. The smallest absolute Gasteiger partial charge is 0.263 e. The lowest BCUT2D eigenvalue weighted by Crippen LogP contribution is -2.17. The molecule has 0 spiro atoms. The van der Waals surface area contributed by atoms with Crippen molar-refractivity contribution >= 4 is 40.3 Å². The average molecular weight is 321 g/mol. The molecule has 0 unspecified atom stereocenters. The van der Waals surface area contributed by atoms with Crippen molar-refractivity contribution < 1.29 is 14.6 Å². The summed E-state index contributed by atoms with van der Waals surface area (Å²) in [7, 11) is 0. The number of carbonyl (C=O) groups excluding carboxylic acids is 1. The Morgan fingerprint density at radius 2 is 2.29 bits per heavy atom. The molecule has 1 heterocycles. The molecule has 110 valence electrons. The van der Waals surface area contributed by atoms with Gasteiger partial charge in [0.2, 0.25) is 0 Å². The molecule has 1 amide bonds. The average Bonchev–Trinajstić information content (AvgIpc) is 2.74. The van der Waals surface area contributed by atoms with Gasteiger partial charge in [-0.3, -0.25) is 4.79 Å². The zero-order valence-corrected chi connectivity index (χ0v) is 13.1. The lowest BCUT2D eigenvalue weighted by atomic mass is 10.1. The maximum absolute atomic E-state index is 11.7. The van der Waals surface area contributed by atoms with Gasteiger partial charge in [0.15, 0.2) is 11.5 Å². The Morgan fingerprint density at radius 3 is 2.86 bits per heavy atom. The van der Waals surface area contributed by atoms with Crippen LogP contribution >= 0.6 is 24.0 Å². The fraction of sp³-hybridized carbons (Fsp3) is 0.200. The first-order chi connectivity index (χ1) is 10.0. The van der Waals surface area contributed by atoms with Gasteiger partial charge in [0, 0.05) is 5.56 Å². The molecule has 21 heavy (non-hydrogen) atoms. The third-order valence-electron chi connectivity index (χ3n) is 2.78. The molecule has 4 nitrogen and oxygen atoms in total. The van der Waals surface area contributed by atoms with Crippen LogP contribution in [0.4, 0.5) is 0 Å². The minimum atomic E-state index is -0.207. The van der Waals surface area contributed by atoms with E-state index in [1.165, 1.54) is 11.8 Å². The first-order valence-corrected chi connectivity index (χ1v) is 7.62. The largest absolute Gasteiger partial charge is 0.504 e. The lowest BCUT2D eigenvalue weighted by Gasteiger charge is -2.11. The zero-order valence-electron chi connectivity index (χ0n) is 11.5. The van der Waals surface area contributed by atoms with Crippen molar-refractivity contribution in [2.75, 3.05) is 6.61 Å². The highest BCUT2D eigenvalue weighted by Gasteiger charge is 2.22. The molecule has 1 aliphatic heterocycles. The van der Waals surface area contributed by atoms with Crippen molar-refractivity contribution in [1.82, 2.24) is 5.32 Å². The van der Waals surface area contributed by atoms with Crippen molar-refractivity contribution in [3.05, 3.63) is 40.8 Å². The predicted octanol–water partition coefficient (Wildman–Crippen LogP) is 3.01. The molecule has 0 radical (unpaired) electrons. The molecule has 1 saturated heterocycles. The Morgan fingerprint density at radius 1 is 1.52 bits per heavy atom. The molecule has 6 heteroatoms. The summed E-state index contributed by atoms with van der Waals surface area (Å²) in [5.74, 6) is 0.300. The number of hydrogen-bond donors (Lipinski definition) is 2. The van der Waals surface area contributed by atoms with Crippen LogP contribution in [0.1, 0.15) is 18.1 Å². The summed E-state index contributed by atoms with van der Waals surface area (Å²) in [4.78, 5) is 12.2. The minimum Gasteiger partial charge on any atom is -0.504 e. The van der Waals surface area contributed by atoms with Crippen LogP contribution in [0.15, 0.2) is 29.7 Å². The number of phenols is 1. The highest BCUT2D eigenvalue weighted by Crippen LogP contribution is 2.34. The number of thioether (sulfide) groups is 1. The van der Waals surface area contributed by atoms with Crippen LogP contribution in [0.5, 0.6) is 11.5 Å². The van der Waals surface area contributed by atoms with Crippen molar-refractivity contribution in [3.63, 3.8) is 0 Å². The molecular weight excluding hydrogens is 306 g/mol. The van der Waals surface area contributed by atoms with Gasteiger partial charge in [-0.25, -0.2) is 0 Å². The Hall–Kier alpha value is -1.79. The zero-order chi connectivity index (χ0) is 15.4. The Balaban J connectivity index is 2.43. The first kappa shape index (κ1) is 15.6. The van der Waals surface area contributed by atoms with E-state index >= 15 is 0 Å². The second-order valence-electron chi connectivity index (χ2n) is 4.30. The fourth-order valence-corrected chi connectivity index (χ4v) is 2.97. The van der Waals surface area contributed by atoms with Gasteiger partial charge in [-0.15, -0.1) is 6.58 Å². The molecule has 0 atom stereocenters. The third kappa shape index (κ3) is 3.65. The van der Waals surface area contributed by atoms with Gasteiger partial charge >= 0.3 is 0 Å². The molecule has 2 N–H and O–H groups in total. The summed E-state index contributed by atoms with van der Waals surface area (Å²) in [6.45, 7) is 5.96. The molecule has 0 saturated carbocycles. The van der Waals surface area contributed by atoms with E-state index in [0.29, 0.717) is 33.6 Å². The number of nitrogens with one attached hydrogen (secondary N) is 1. The normalized spacial score (nSPS) is 16.1. The van der Waals surface area contributed by atoms with Crippen LogP contribution in [0, 0.1) is 0 Å². The van der Waals surface area contributed by atoms with Crippen LogP contribution in [0.2, 0.25) is 0 Å². The molecule has 0 bridgehead atoms. The molecule has 2 rings (SSSR count). The van der Waals surface area contributed by atoms with E-state index in [1.807, 2.05) is 13.0 Å². The van der Waals surface area contributed by atoms with Crippen LogP contribution in [0.3, 0.4) is 0 Å². The number of amides is 1. The lowest BCUT2D eigenvalue weighted by molar-refractivity contribution is -0.115. The predicted molar refractivity (Wildman–Crippen MR) is 89.5 cm³/mol. The Kier molecular flexibility index (Phi) is 5.03. The van der Waals surface area contributed by atoms with Gasteiger partial charge in [0.1, 0.15) is 4.32 Å². The van der Waals surface area contributed by atoms with Gasteiger partial charge in [0.05, 0.1) is 11.5 Å². The van der Waals surface area contributed by atoms with E-state index < -0.39 is 0 Å². The summed E-state index contributed by atoms with van der Waals surface area (Å²) in [5, 5.41) is 12.7. The summed E-state index contributed by atoms with van der Waals surface area (Å²) in [5.41, 5.74) is 1.48. The number of hydrogen-bond acceptors (Lipinski definition) is 5. The summed E-state index contributed by atoms with van der Waals surface area (Å²) < 4.78 is 5.88. The number of benzene rings is 1. The van der Waals surface area contributed by atoms with Crippen LogP contribution in [0.25, 0.3) is 6.08 Å². The quantitative estimate of drug-likeness (QED) is 0.496. The number of aromatic hydroxyl groups is 1. The standard InChI is InChI=1S/C15H15NO3S2/c1-3-5-10-6-9(7-11(13(10)17)19-4-2)8-12-14(18)16-15(20)21-12/h3,6-8,17H,1,4-5H2,2H3,(H,16,18,20)/b12-8-. The third-order valence-corrected chi connectivity index (χ3v) is 3.94. The molecule has 0 aliphatic carbocycles. The Bertz CT molecular complexity index is 638. The van der Waals surface area contributed by atoms with Crippen molar-refractivity contribution in [2.24, 2.45) is 0 Å². The van der Waals surface area contributed by atoms with Crippen molar-refractivity contribution in [3.8, 4) is 11.5 Å². The number of carbonyl (C=O) groups is 1. The topological polar surface area (TPSA) is 58.6 Å². The second-order valence-corrected chi connectivity index (χ2v) is 6.02. The van der Waals surface area contributed by atoms with Crippen molar-refractivity contribution in [2.45, 2.75) is 13.3 Å². The van der Waals surface area contributed by atoms with Gasteiger partial charge in [-0.05, 0) is 37.1 Å². The number of allylic oxidation sites excluding steroid dienone is 1. The maximum atomic E-state index is 11.7. The van der Waals surface area contributed by atoms with E-state index in [-0.39, 0.29) is 11.7 Å². The number of rotatable bonds is 5. The minimum absolute atomic E-state index is 0.109. The van der Waals surface area contributed by atoms with E-state index in [2.05, 4.69) is 11.9 Å². The highest BCUT2D eigenvalue weighted by atomic mass is 32.2. The molecule has 1 fully saturated rings. The monoisotopic (exact) mass is 321 g/mol. The number of phenolic OH excluding ortho intramolecular Hbond substituents is 1. The number of ether oxygens (including phenoxy) is 1. The van der Waals surface area contributed by atoms with Crippen molar-refractivity contribution in [1.29, 1.82) is 0 Å². The molecule has 0 aromatic heterocycles. The summed E-state index contributed by atoms with van der Waals surface area (Å²) in [6.07, 6.45) is 3.95. The van der Waals surface area contributed by atoms with Gasteiger partial charge < -0.3 is 15.2 Å². The maximum Gasteiger partial charge on any atom is 0.263 e. The second kappa shape index (κ2) is 6.78. The molecule has 1 aliphatic rings. The van der Waals surface area contributed by atoms with Gasteiger partial charge in [-0.2, -0.15) is 0 Å². The van der Waals surface area contributed by atoms with E-state index in [0.717, 1.165) is 5.56 Å². The summed E-state index contributed by atoms with van der Waals surface area (Å²) in [6, 6.07) is 3.51. The van der Waals surface area contributed by atoms with Crippen LogP contribution in [-0.4, -0.2) is 21.9 Å². The number of thiocarbonyl (C=S) groups is 1. The van der Waals surface area contributed by atoms with Crippen LogP contribution in [-0.2, 0) is 11.2 Å². The van der Waals surface area contributed by atoms with Gasteiger partial charge in [0.25, 0.3) is 5.91 Å². The van der Waals surface area contributed by atoms with Gasteiger partial charge in [-0.1, -0.05) is 30.1 Å². The van der Waals surface area contributed by atoms with E-state index in [1.54, 1.807) is 18.2 Å². The molecule has 1 aromatic carbocycles. The molecular formula is C15H15NO3S2. The first-order valence-electron chi connectivity index (χ1n) is 6.39. The SMILES string of the molecule is C=CCc1cc(/C=C2\SC(=S)NC2=O)cc(OCC)c1O. The Labute approximate surface area is 132 Å². The summed E-state index contributed by atoms with van der Waals surface area (Å²) >= 11 is 6.18. The highest BCUT2D eigenvalue weighted by molar-refractivity contribution is 8.26. The van der Waals surface area contributed by atoms with E-state index in [4.69, 9.17) is 17.0 Å². The molecule has 1 aromatic rings. The van der Waals surface area contributed by atoms with Crippen LogP contribution < -0.4 is 10.1 Å². The van der Waals surface area contributed by atoms with E-state index in [9.17, 15) is 9.90 Å².